The van der Waals surface area contributed by atoms with Gasteiger partial charge in [-0.25, -0.2) is 0 Å². The zero-order valence-electron chi connectivity index (χ0n) is 10.5. The Morgan fingerprint density at radius 2 is 1.95 bits per heavy atom. The molecular formula is C15H12ClNO3. The fourth-order valence-corrected chi connectivity index (χ4v) is 2.13. The van der Waals surface area contributed by atoms with E-state index in [1.807, 2.05) is 12.1 Å². The van der Waals surface area contributed by atoms with Crippen LogP contribution in [-0.2, 0) is 4.79 Å². The summed E-state index contributed by atoms with van der Waals surface area (Å²) in [4.78, 5) is 12.1. The number of hydrogen-bond acceptors (Lipinski definition) is 3. The lowest BCUT2D eigenvalue weighted by Crippen LogP contribution is -2.40. The molecule has 0 aliphatic carbocycles. The summed E-state index contributed by atoms with van der Waals surface area (Å²) in [7, 11) is 0. The highest BCUT2D eigenvalue weighted by atomic mass is 35.5. The van der Waals surface area contributed by atoms with E-state index in [1.54, 1.807) is 36.4 Å². The number of amides is 1. The van der Waals surface area contributed by atoms with Gasteiger partial charge in [0.2, 0.25) is 6.10 Å². The van der Waals surface area contributed by atoms with Crippen molar-refractivity contribution in [2.24, 2.45) is 0 Å². The molecule has 0 saturated carbocycles. The maximum Gasteiger partial charge on any atom is 0.269 e. The highest BCUT2D eigenvalue weighted by Gasteiger charge is 2.27. The smallest absolute Gasteiger partial charge is 0.269 e. The van der Waals surface area contributed by atoms with Crippen LogP contribution in [0.25, 0.3) is 0 Å². The van der Waals surface area contributed by atoms with Crippen LogP contribution in [0.3, 0.4) is 0 Å². The molecule has 2 aromatic rings. The summed E-state index contributed by atoms with van der Waals surface area (Å²) in [5, 5.41) is 3.32. The van der Waals surface area contributed by atoms with Gasteiger partial charge in [0.25, 0.3) is 5.91 Å². The van der Waals surface area contributed by atoms with E-state index >= 15 is 0 Å². The van der Waals surface area contributed by atoms with Crippen LogP contribution in [0.2, 0.25) is 5.02 Å². The minimum atomic E-state index is -0.677. The van der Waals surface area contributed by atoms with E-state index in [9.17, 15) is 4.79 Å². The van der Waals surface area contributed by atoms with E-state index in [0.717, 1.165) is 0 Å². The minimum absolute atomic E-state index is 0.184. The van der Waals surface area contributed by atoms with E-state index in [4.69, 9.17) is 21.1 Å². The second-order valence-corrected chi connectivity index (χ2v) is 4.80. The first-order chi connectivity index (χ1) is 9.72. The van der Waals surface area contributed by atoms with Gasteiger partial charge in [-0.1, -0.05) is 29.8 Å². The average Bonchev–Trinajstić information content (AvgIpc) is 2.47. The Bertz CT molecular complexity index is 645. The van der Waals surface area contributed by atoms with Gasteiger partial charge in [-0.15, -0.1) is 0 Å². The van der Waals surface area contributed by atoms with Gasteiger partial charge in [-0.2, -0.15) is 0 Å². The van der Waals surface area contributed by atoms with Crippen molar-refractivity contribution < 1.29 is 14.3 Å². The number of benzene rings is 2. The van der Waals surface area contributed by atoms with E-state index in [1.165, 1.54) is 0 Å². The van der Waals surface area contributed by atoms with E-state index in [-0.39, 0.29) is 12.5 Å². The van der Waals surface area contributed by atoms with Crippen molar-refractivity contribution in [1.29, 1.82) is 0 Å². The summed E-state index contributed by atoms with van der Waals surface area (Å²) < 4.78 is 11.1. The normalized spacial score (nSPS) is 16.6. The summed E-state index contributed by atoms with van der Waals surface area (Å²) >= 11 is 5.87. The summed E-state index contributed by atoms with van der Waals surface area (Å²) in [6.07, 6.45) is -0.677. The van der Waals surface area contributed by atoms with Crippen LogP contribution < -0.4 is 14.8 Å². The third-order valence-corrected chi connectivity index (χ3v) is 3.13. The number of carbonyl (C=O) groups excluding carboxylic acids is 1. The SMILES string of the molecule is O=C(Nc1cccc(Cl)c1)[C@@H]1COc2ccccc2O1. The van der Waals surface area contributed by atoms with Crippen LogP contribution in [0.5, 0.6) is 11.5 Å². The number of rotatable bonds is 2. The van der Waals surface area contributed by atoms with Crippen LogP contribution in [0.1, 0.15) is 0 Å². The van der Waals surface area contributed by atoms with Gasteiger partial charge in [-0.3, -0.25) is 4.79 Å². The molecule has 0 radical (unpaired) electrons. The first-order valence-corrected chi connectivity index (χ1v) is 6.55. The van der Waals surface area contributed by atoms with Crippen LogP contribution in [0.15, 0.2) is 48.5 Å². The summed E-state index contributed by atoms with van der Waals surface area (Å²) in [5.41, 5.74) is 0.630. The van der Waals surface area contributed by atoms with Gasteiger partial charge in [0.15, 0.2) is 11.5 Å². The molecule has 1 aliphatic rings. The largest absolute Gasteiger partial charge is 0.485 e. The van der Waals surface area contributed by atoms with Gasteiger partial charge in [0, 0.05) is 10.7 Å². The maximum atomic E-state index is 12.1. The van der Waals surface area contributed by atoms with Crippen molar-refractivity contribution in [3.05, 3.63) is 53.6 Å². The zero-order valence-corrected chi connectivity index (χ0v) is 11.3. The van der Waals surface area contributed by atoms with Gasteiger partial charge in [0.1, 0.15) is 6.61 Å². The van der Waals surface area contributed by atoms with Gasteiger partial charge < -0.3 is 14.8 Å². The van der Waals surface area contributed by atoms with E-state index in [0.29, 0.717) is 22.2 Å². The summed E-state index contributed by atoms with van der Waals surface area (Å²) in [6, 6.07) is 14.2. The Morgan fingerprint density at radius 3 is 2.75 bits per heavy atom. The van der Waals surface area contributed by atoms with Crippen molar-refractivity contribution in [2.75, 3.05) is 11.9 Å². The Morgan fingerprint density at radius 1 is 1.15 bits per heavy atom. The number of halogens is 1. The molecule has 1 aliphatic heterocycles. The fraction of sp³-hybridized carbons (Fsp3) is 0.133. The molecule has 1 amide bonds. The standard InChI is InChI=1S/C15H12ClNO3/c16-10-4-3-5-11(8-10)17-15(18)14-9-19-12-6-1-2-7-13(12)20-14/h1-8,14H,9H2,(H,17,18)/t14-/m0/s1. The number of carbonyl (C=O) groups is 1. The predicted molar refractivity (Wildman–Crippen MR) is 76.4 cm³/mol. The lowest BCUT2D eigenvalue weighted by molar-refractivity contribution is -0.125. The molecule has 4 nitrogen and oxygen atoms in total. The molecule has 0 fully saturated rings. The second-order valence-electron chi connectivity index (χ2n) is 4.36. The number of hydrogen-bond donors (Lipinski definition) is 1. The van der Waals surface area contributed by atoms with Crippen molar-refractivity contribution in [3.63, 3.8) is 0 Å². The quantitative estimate of drug-likeness (QED) is 0.924. The van der Waals surface area contributed by atoms with Gasteiger partial charge in [0.05, 0.1) is 0 Å². The average molecular weight is 290 g/mol. The van der Waals surface area contributed by atoms with Crippen LogP contribution >= 0.6 is 11.6 Å². The lowest BCUT2D eigenvalue weighted by Gasteiger charge is -2.25. The van der Waals surface area contributed by atoms with E-state index in [2.05, 4.69) is 5.32 Å². The minimum Gasteiger partial charge on any atom is -0.485 e. The Hall–Kier alpha value is -2.20. The first kappa shape index (κ1) is 12.8. The molecular weight excluding hydrogens is 278 g/mol. The molecule has 0 bridgehead atoms. The summed E-state index contributed by atoms with van der Waals surface area (Å²) in [5.74, 6) is 0.964. The molecule has 0 unspecified atom stereocenters. The monoisotopic (exact) mass is 289 g/mol. The Balaban J connectivity index is 1.70. The first-order valence-electron chi connectivity index (χ1n) is 6.17. The van der Waals surface area contributed by atoms with Crippen LogP contribution in [0.4, 0.5) is 5.69 Å². The molecule has 1 heterocycles. The molecule has 0 aromatic heterocycles. The molecule has 1 atom stereocenters. The van der Waals surface area contributed by atoms with Crippen molar-refractivity contribution >= 4 is 23.2 Å². The van der Waals surface area contributed by atoms with E-state index < -0.39 is 6.10 Å². The molecule has 5 heteroatoms. The highest BCUT2D eigenvalue weighted by Crippen LogP contribution is 2.31. The summed E-state index contributed by atoms with van der Waals surface area (Å²) in [6.45, 7) is 0.184. The maximum absolute atomic E-state index is 12.1. The van der Waals surface area contributed by atoms with Gasteiger partial charge >= 0.3 is 0 Å². The molecule has 0 saturated heterocycles. The van der Waals surface area contributed by atoms with Crippen molar-refractivity contribution in [1.82, 2.24) is 0 Å². The van der Waals surface area contributed by atoms with Crippen LogP contribution in [-0.4, -0.2) is 18.6 Å². The molecule has 2 aromatic carbocycles. The molecule has 102 valence electrons. The molecule has 0 spiro atoms. The predicted octanol–water partition coefficient (Wildman–Crippen LogP) is 3.12. The highest BCUT2D eigenvalue weighted by molar-refractivity contribution is 6.30. The number of ether oxygens (including phenoxy) is 2. The van der Waals surface area contributed by atoms with Crippen molar-refractivity contribution in [2.45, 2.75) is 6.10 Å². The lowest BCUT2D eigenvalue weighted by atomic mass is 10.2. The number of fused-ring (bicyclic) bond motifs is 1. The molecule has 1 N–H and O–H groups in total. The molecule has 20 heavy (non-hydrogen) atoms. The number of nitrogens with one attached hydrogen (secondary N) is 1. The Kier molecular flexibility index (Phi) is 3.48. The fourth-order valence-electron chi connectivity index (χ4n) is 1.94. The topological polar surface area (TPSA) is 47.6 Å². The third kappa shape index (κ3) is 2.70. The third-order valence-electron chi connectivity index (χ3n) is 2.89. The molecule has 3 rings (SSSR count). The number of anilines is 1. The zero-order chi connectivity index (χ0) is 13.9. The van der Waals surface area contributed by atoms with Gasteiger partial charge in [-0.05, 0) is 30.3 Å². The Labute approximate surface area is 121 Å². The van der Waals surface area contributed by atoms with Crippen LogP contribution in [0, 0.1) is 0 Å². The second kappa shape index (κ2) is 5.43. The number of para-hydroxylation sites is 2. The van der Waals surface area contributed by atoms with Crippen molar-refractivity contribution in [3.8, 4) is 11.5 Å².